The summed E-state index contributed by atoms with van der Waals surface area (Å²) in [6.45, 7) is 2.00. The van der Waals surface area contributed by atoms with Crippen LogP contribution in [0.5, 0.6) is 0 Å². The number of pyridine rings is 2. The Hall–Kier alpha value is -2.82. The maximum atomic E-state index is 4.51. The van der Waals surface area contributed by atoms with Gasteiger partial charge in [0.25, 0.3) is 0 Å². The molecule has 0 aliphatic carbocycles. The fourth-order valence-corrected chi connectivity index (χ4v) is 1.75. The first-order valence-electron chi connectivity index (χ1n) is 6.24. The van der Waals surface area contributed by atoms with Gasteiger partial charge in [0.2, 0.25) is 0 Å². The molecule has 0 saturated carbocycles. The number of rotatable bonds is 3. The molecule has 0 amide bonds. The molecule has 0 unspecified atom stereocenters. The van der Waals surface area contributed by atoms with Gasteiger partial charge in [-0.1, -0.05) is 12.1 Å². The molecule has 5 nitrogen and oxygen atoms in total. The first-order chi connectivity index (χ1) is 9.81. The second-order valence-corrected chi connectivity index (χ2v) is 4.34. The monoisotopic (exact) mass is 263 g/mol. The molecule has 5 heteroatoms. The van der Waals surface area contributed by atoms with Crippen molar-refractivity contribution in [1.82, 2.24) is 19.9 Å². The van der Waals surface area contributed by atoms with Gasteiger partial charge < -0.3 is 5.32 Å². The van der Waals surface area contributed by atoms with E-state index < -0.39 is 0 Å². The van der Waals surface area contributed by atoms with Crippen molar-refractivity contribution in [1.29, 1.82) is 0 Å². The van der Waals surface area contributed by atoms with Gasteiger partial charge in [0, 0.05) is 18.6 Å². The van der Waals surface area contributed by atoms with Gasteiger partial charge in [-0.2, -0.15) is 0 Å². The van der Waals surface area contributed by atoms with E-state index in [4.69, 9.17) is 0 Å². The van der Waals surface area contributed by atoms with Crippen molar-refractivity contribution < 1.29 is 0 Å². The number of nitrogens with one attached hydrogen (secondary N) is 1. The molecule has 0 saturated heterocycles. The van der Waals surface area contributed by atoms with Crippen molar-refractivity contribution in [2.45, 2.75) is 6.92 Å². The quantitative estimate of drug-likeness (QED) is 0.787. The van der Waals surface area contributed by atoms with Crippen LogP contribution in [-0.4, -0.2) is 19.9 Å². The van der Waals surface area contributed by atoms with Crippen LogP contribution < -0.4 is 5.32 Å². The number of hydrogen-bond donors (Lipinski definition) is 1. The highest BCUT2D eigenvalue weighted by Gasteiger charge is 2.03. The summed E-state index contributed by atoms with van der Waals surface area (Å²) in [6.07, 6.45) is 6.80. The molecule has 20 heavy (non-hydrogen) atoms. The highest BCUT2D eigenvalue weighted by atomic mass is 15.1. The molecule has 0 bridgehead atoms. The molecule has 3 aromatic heterocycles. The maximum absolute atomic E-state index is 4.51. The summed E-state index contributed by atoms with van der Waals surface area (Å²) in [6, 6.07) is 9.64. The minimum Gasteiger partial charge on any atom is -0.325 e. The fourth-order valence-electron chi connectivity index (χ4n) is 1.75. The van der Waals surface area contributed by atoms with Crippen molar-refractivity contribution in [3.8, 4) is 11.4 Å². The van der Waals surface area contributed by atoms with Crippen LogP contribution in [0.15, 0.2) is 55.1 Å². The Morgan fingerprint density at radius 3 is 2.55 bits per heavy atom. The predicted molar refractivity (Wildman–Crippen MR) is 77.5 cm³/mol. The van der Waals surface area contributed by atoms with Crippen LogP contribution >= 0.6 is 0 Å². The van der Waals surface area contributed by atoms with E-state index in [0.717, 1.165) is 28.6 Å². The van der Waals surface area contributed by atoms with Crippen LogP contribution in [0, 0.1) is 6.92 Å². The second kappa shape index (κ2) is 5.44. The van der Waals surface area contributed by atoms with Gasteiger partial charge in [-0.25, -0.2) is 9.97 Å². The number of hydrogen-bond acceptors (Lipinski definition) is 5. The molecule has 0 radical (unpaired) electrons. The van der Waals surface area contributed by atoms with Crippen molar-refractivity contribution in [2.24, 2.45) is 0 Å². The minimum absolute atomic E-state index is 0.726. The van der Waals surface area contributed by atoms with Gasteiger partial charge in [-0.3, -0.25) is 9.97 Å². The summed E-state index contributed by atoms with van der Waals surface area (Å²) < 4.78 is 0. The summed E-state index contributed by atoms with van der Waals surface area (Å²) in [4.78, 5) is 17.1. The molecule has 0 aromatic carbocycles. The molecule has 3 rings (SSSR count). The standard InChI is InChI=1S/C15H13N5/c1-11-5-6-14(18-9-11)20-15-4-2-3-12(19-15)13-10-16-7-8-17-13/h2-10H,1H3,(H,18,19,20). The molecule has 1 N–H and O–H groups in total. The molecule has 98 valence electrons. The lowest BCUT2D eigenvalue weighted by molar-refractivity contribution is 1.17. The average molecular weight is 263 g/mol. The Morgan fingerprint density at radius 1 is 0.850 bits per heavy atom. The zero-order chi connectivity index (χ0) is 13.8. The Balaban J connectivity index is 1.86. The molecule has 3 aromatic rings. The van der Waals surface area contributed by atoms with E-state index >= 15 is 0 Å². The van der Waals surface area contributed by atoms with Gasteiger partial charge in [0.1, 0.15) is 17.3 Å². The van der Waals surface area contributed by atoms with Crippen LogP contribution in [0.25, 0.3) is 11.4 Å². The van der Waals surface area contributed by atoms with Gasteiger partial charge in [0.05, 0.1) is 11.9 Å². The first-order valence-corrected chi connectivity index (χ1v) is 6.24. The van der Waals surface area contributed by atoms with Crippen LogP contribution in [0.1, 0.15) is 5.56 Å². The van der Waals surface area contributed by atoms with E-state index in [1.807, 2.05) is 43.5 Å². The van der Waals surface area contributed by atoms with E-state index in [0.29, 0.717) is 0 Å². The van der Waals surface area contributed by atoms with E-state index in [-0.39, 0.29) is 0 Å². The molecule has 0 atom stereocenters. The maximum Gasteiger partial charge on any atom is 0.132 e. The summed E-state index contributed by atoms with van der Waals surface area (Å²) in [5.74, 6) is 1.49. The molecule has 0 aliphatic rings. The van der Waals surface area contributed by atoms with E-state index in [1.54, 1.807) is 18.6 Å². The van der Waals surface area contributed by atoms with Crippen molar-refractivity contribution in [3.05, 3.63) is 60.7 Å². The van der Waals surface area contributed by atoms with Crippen molar-refractivity contribution in [2.75, 3.05) is 5.32 Å². The third kappa shape index (κ3) is 2.77. The van der Waals surface area contributed by atoms with Gasteiger partial charge in [-0.05, 0) is 30.7 Å². The molecule has 0 fully saturated rings. The Kier molecular flexibility index (Phi) is 3.33. The van der Waals surface area contributed by atoms with E-state index in [2.05, 4.69) is 25.3 Å². The summed E-state index contributed by atoms with van der Waals surface area (Å²) in [5.41, 5.74) is 2.64. The molecule has 0 aliphatic heterocycles. The molecule has 0 spiro atoms. The third-order valence-electron chi connectivity index (χ3n) is 2.74. The first kappa shape index (κ1) is 12.2. The summed E-state index contributed by atoms with van der Waals surface area (Å²) >= 11 is 0. The molecular formula is C15H13N5. The largest absolute Gasteiger partial charge is 0.325 e. The summed E-state index contributed by atoms with van der Waals surface area (Å²) in [5, 5.41) is 3.17. The number of nitrogens with zero attached hydrogens (tertiary/aromatic N) is 4. The van der Waals surface area contributed by atoms with Crippen LogP contribution in [0.2, 0.25) is 0 Å². The molecule has 3 heterocycles. The zero-order valence-corrected chi connectivity index (χ0v) is 11.0. The Morgan fingerprint density at radius 2 is 1.80 bits per heavy atom. The van der Waals surface area contributed by atoms with Gasteiger partial charge >= 0.3 is 0 Å². The highest BCUT2D eigenvalue weighted by molar-refractivity contribution is 5.59. The number of aromatic nitrogens is 4. The van der Waals surface area contributed by atoms with E-state index in [1.165, 1.54) is 0 Å². The summed E-state index contributed by atoms with van der Waals surface area (Å²) in [7, 11) is 0. The Bertz CT molecular complexity index is 695. The normalized spacial score (nSPS) is 10.2. The van der Waals surface area contributed by atoms with E-state index in [9.17, 15) is 0 Å². The third-order valence-corrected chi connectivity index (χ3v) is 2.74. The topological polar surface area (TPSA) is 63.6 Å². The SMILES string of the molecule is Cc1ccc(Nc2cccc(-c3cnccn3)n2)nc1. The number of anilines is 2. The highest BCUT2D eigenvalue weighted by Crippen LogP contribution is 2.17. The Labute approximate surface area is 116 Å². The van der Waals surface area contributed by atoms with Crippen LogP contribution in [0.4, 0.5) is 11.6 Å². The van der Waals surface area contributed by atoms with Gasteiger partial charge in [0.15, 0.2) is 0 Å². The smallest absolute Gasteiger partial charge is 0.132 e. The van der Waals surface area contributed by atoms with Gasteiger partial charge in [-0.15, -0.1) is 0 Å². The lowest BCUT2D eigenvalue weighted by atomic mass is 10.3. The lowest BCUT2D eigenvalue weighted by Crippen LogP contribution is -1.97. The lowest BCUT2D eigenvalue weighted by Gasteiger charge is -2.06. The predicted octanol–water partition coefficient (Wildman–Crippen LogP) is 2.99. The molecular weight excluding hydrogens is 250 g/mol. The van der Waals surface area contributed by atoms with Crippen molar-refractivity contribution in [3.63, 3.8) is 0 Å². The van der Waals surface area contributed by atoms with Crippen LogP contribution in [0.3, 0.4) is 0 Å². The van der Waals surface area contributed by atoms with Crippen molar-refractivity contribution >= 4 is 11.6 Å². The fraction of sp³-hybridized carbons (Fsp3) is 0.0667. The number of aryl methyl sites for hydroxylation is 1. The van der Waals surface area contributed by atoms with Crippen LogP contribution in [-0.2, 0) is 0 Å². The zero-order valence-electron chi connectivity index (χ0n) is 11.0. The second-order valence-electron chi connectivity index (χ2n) is 4.34. The minimum atomic E-state index is 0.726. The average Bonchev–Trinajstić information content (AvgIpc) is 2.51.